The number of nitro benzene ring substituents is 1. The molecular weight excluding hydrogens is 483 g/mol. The van der Waals surface area contributed by atoms with Gasteiger partial charge in [-0.15, -0.1) is 0 Å². The molecule has 0 aliphatic rings. The second kappa shape index (κ2) is 8.99. The minimum absolute atomic E-state index is 0.00401. The van der Waals surface area contributed by atoms with Gasteiger partial charge in [-0.05, 0) is 72.3 Å². The zero-order chi connectivity index (χ0) is 21.0. The van der Waals surface area contributed by atoms with Crippen LogP contribution in [0, 0.1) is 27.5 Å². The van der Waals surface area contributed by atoms with E-state index in [-0.39, 0.29) is 18.0 Å². The number of rotatable bonds is 6. The molecule has 0 fully saturated rings. The highest BCUT2D eigenvalue weighted by molar-refractivity contribution is 14.1. The summed E-state index contributed by atoms with van der Waals surface area (Å²) in [6, 6.07) is 16.1. The van der Waals surface area contributed by atoms with Crippen molar-refractivity contribution in [2.75, 3.05) is 0 Å². The van der Waals surface area contributed by atoms with Crippen molar-refractivity contribution in [1.29, 1.82) is 0 Å². The Hall–Kier alpha value is -3.01. The molecule has 0 aliphatic carbocycles. The van der Waals surface area contributed by atoms with E-state index in [2.05, 4.69) is 62.0 Å². The summed E-state index contributed by atoms with van der Waals surface area (Å²) in [5.41, 5.74) is 7.27. The lowest BCUT2D eigenvalue weighted by Crippen LogP contribution is -2.19. The molecule has 0 aliphatic heterocycles. The highest BCUT2D eigenvalue weighted by atomic mass is 127. The van der Waals surface area contributed by atoms with E-state index >= 15 is 0 Å². The maximum Gasteiger partial charge on any atom is 0.269 e. The number of carbonyl (C=O) groups excluding carboxylic acids is 1. The second-order valence-corrected chi connectivity index (χ2v) is 7.78. The zero-order valence-electron chi connectivity index (χ0n) is 15.9. The molecule has 1 aromatic heterocycles. The standard InChI is InChI=1S/C21H19IN4O3/c1-14-11-17(15(2)25(14)19-9-5-18(22)6-10-19)13-23-24-21(27)12-16-3-7-20(8-4-16)26(28)29/h3-11,13H,12H2,1-2H3,(H,24,27)/b23-13-. The quantitative estimate of drug-likeness (QED) is 0.236. The van der Waals surface area contributed by atoms with Gasteiger partial charge in [0.15, 0.2) is 0 Å². The smallest absolute Gasteiger partial charge is 0.269 e. The Morgan fingerprint density at radius 3 is 2.45 bits per heavy atom. The van der Waals surface area contributed by atoms with Crippen LogP contribution in [-0.4, -0.2) is 21.6 Å². The lowest BCUT2D eigenvalue weighted by molar-refractivity contribution is -0.384. The van der Waals surface area contributed by atoms with E-state index in [0.29, 0.717) is 5.56 Å². The largest absolute Gasteiger partial charge is 0.318 e. The van der Waals surface area contributed by atoms with Gasteiger partial charge in [-0.3, -0.25) is 14.9 Å². The van der Waals surface area contributed by atoms with Gasteiger partial charge in [0.05, 0.1) is 17.6 Å². The molecule has 0 radical (unpaired) electrons. The molecule has 1 amide bonds. The summed E-state index contributed by atoms with van der Waals surface area (Å²) in [7, 11) is 0. The molecule has 0 spiro atoms. The number of non-ortho nitro benzene ring substituents is 1. The molecule has 7 nitrogen and oxygen atoms in total. The average molecular weight is 502 g/mol. The zero-order valence-corrected chi connectivity index (χ0v) is 18.1. The topological polar surface area (TPSA) is 89.5 Å². The van der Waals surface area contributed by atoms with Crippen molar-refractivity contribution >= 4 is 40.4 Å². The summed E-state index contributed by atoms with van der Waals surface area (Å²) in [5.74, 6) is -0.290. The highest BCUT2D eigenvalue weighted by Gasteiger charge is 2.10. The molecule has 0 saturated heterocycles. The van der Waals surface area contributed by atoms with Crippen LogP contribution < -0.4 is 5.43 Å². The molecule has 0 saturated carbocycles. The summed E-state index contributed by atoms with van der Waals surface area (Å²) < 4.78 is 3.31. The minimum atomic E-state index is -0.471. The van der Waals surface area contributed by atoms with E-state index < -0.39 is 4.92 Å². The van der Waals surface area contributed by atoms with Crippen molar-refractivity contribution < 1.29 is 9.72 Å². The van der Waals surface area contributed by atoms with Crippen LogP contribution >= 0.6 is 22.6 Å². The predicted octanol–water partition coefficient (Wildman–Crippen LogP) is 4.30. The number of nitro groups is 1. The van der Waals surface area contributed by atoms with Gasteiger partial charge in [0.2, 0.25) is 5.91 Å². The first-order valence-corrected chi connectivity index (χ1v) is 9.93. The molecule has 0 bridgehead atoms. The summed E-state index contributed by atoms with van der Waals surface area (Å²) in [4.78, 5) is 22.3. The molecule has 0 atom stereocenters. The Labute approximate surface area is 181 Å². The molecular formula is C21H19IN4O3. The van der Waals surface area contributed by atoms with Gasteiger partial charge in [0.1, 0.15) is 0 Å². The van der Waals surface area contributed by atoms with Crippen LogP contribution in [0.3, 0.4) is 0 Å². The van der Waals surface area contributed by atoms with Gasteiger partial charge in [-0.25, -0.2) is 5.43 Å². The fraction of sp³-hybridized carbons (Fsp3) is 0.143. The van der Waals surface area contributed by atoms with Crippen molar-refractivity contribution in [1.82, 2.24) is 9.99 Å². The summed E-state index contributed by atoms with van der Waals surface area (Å²) in [5, 5.41) is 14.7. The highest BCUT2D eigenvalue weighted by Crippen LogP contribution is 2.20. The van der Waals surface area contributed by atoms with Gasteiger partial charge < -0.3 is 4.57 Å². The first-order chi connectivity index (χ1) is 13.8. The molecule has 3 rings (SSSR count). The van der Waals surface area contributed by atoms with Crippen LogP contribution in [0.15, 0.2) is 59.7 Å². The van der Waals surface area contributed by atoms with Crippen molar-refractivity contribution in [3.8, 4) is 5.69 Å². The Bertz CT molecular complexity index is 1070. The van der Waals surface area contributed by atoms with Crippen molar-refractivity contribution in [3.05, 3.63) is 90.8 Å². The molecule has 8 heteroatoms. The van der Waals surface area contributed by atoms with E-state index in [9.17, 15) is 14.9 Å². The number of halogens is 1. The number of hydrogen-bond donors (Lipinski definition) is 1. The van der Waals surface area contributed by atoms with Gasteiger partial charge in [-0.2, -0.15) is 5.10 Å². The number of benzene rings is 2. The molecule has 1 heterocycles. The summed E-state index contributed by atoms with van der Waals surface area (Å²) in [6.45, 7) is 4.03. The van der Waals surface area contributed by atoms with Crippen LogP contribution in [-0.2, 0) is 11.2 Å². The SMILES string of the molecule is Cc1cc(/C=N\NC(=O)Cc2ccc([N+](=O)[O-])cc2)c(C)n1-c1ccc(I)cc1. The maximum absolute atomic E-state index is 12.1. The third-order valence-corrected chi connectivity index (χ3v) is 5.18. The van der Waals surface area contributed by atoms with Crippen molar-refractivity contribution in [2.45, 2.75) is 20.3 Å². The molecule has 29 heavy (non-hydrogen) atoms. The number of nitrogens with zero attached hydrogens (tertiary/aromatic N) is 3. The average Bonchev–Trinajstić information content (AvgIpc) is 2.96. The third kappa shape index (κ3) is 5.08. The first-order valence-electron chi connectivity index (χ1n) is 8.85. The summed E-state index contributed by atoms with van der Waals surface area (Å²) >= 11 is 2.27. The number of carbonyl (C=O) groups is 1. The first kappa shape index (κ1) is 20.7. The Morgan fingerprint density at radius 2 is 1.83 bits per heavy atom. The van der Waals surface area contributed by atoms with Gasteiger partial charge in [0.25, 0.3) is 5.69 Å². The van der Waals surface area contributed by atoms with Gasteiger partial charge in [-0.1, -0.05) is 12.1 Å². The summed E-state index contributed by atoms with van der Waals surface area (Å²) in [6.07, 6.45) is 1.72. The molecule has 3 aromatic rings. The molecule has 2 aromatic carbocycles. The fourth-order valence-corrected chi connectivity index (χ4v) is 3.40. The van der Waals surface area contributed by atoms with E-state index in [1.54, 1.807) is 18.3 Å². The van der Waals surface area contributed by atoms with Crippen molar-refractivity contribution in [2.24, 2.45) is 5.10 Å². The number of nitrogens with one attached hydrogen (secondary N) is 1. The fourth-order valence-electron chi connectivity index (χ4n) is 3.04. The Morgan fingerprint density at radius 1 is 1.17 bits per heavy atom. The maximum atomic E-state index is 12.1. The van der Waals surface area contributed by atoms with Crippen LogP contribution in [0.1, 0.15) is 22.5 Å². The van der Waals surface area contributed by atoms with Gasteiger partial charge in [0, 0.05) is 38.3 Å². The van der Waals surface area contributed by atoms with Gasteiger partial charge >= 0.3 is 0 Å². The van der Waals surface area contributed by atoms with E-state index in [4.69, 9.17) is 0 Å². The number of amides is 1. The normalized spacial score (nSPS) is 11.0. The second-order valence-electron chi connectivity index (χ2n) is 6.53. The minimum Gasteiger partial charge on any atom is -0.318 e. The number of hydrazone groups is 1. The van der Waals surface area contributed by atoms with Crippen molar-refractivity contribution in [3.63, 3.8) is 0 Å². The van der Waals surface area contributed by atoms with Crippen LogP contribution in [0.5, 0.6) is 0 Å². The number of aromatic nitrogens is 1. The lowest BCUT2D eigenvalue weighted by Gasteiger charge is -2.09. The van der Waals surface area contributed by atoms with Crippen LogP contribution in [0.4, 0.5) is 5.69 Å². The lowest BCUT2D eigenvalue weighted by atomic mass is 10.1. The predicted molar refractivity (Wildman–Crippen MR) is 120 cm³/mol. The molecule has 1 N–H and O–H groups in total. The number of aryl methyl sites for hydroxylation is 1. The monoisotopic (exact) mass is 502 g/mol. The van der Waals surface area contributed by atoms with Crippen LogP contribution in [0.2, 0.25) is 0 Å². The Kier molecular flexibility index (Phi) is 6.42. The number of hydrogen-bond acceptors (Lipinski definition) is 4. The molecule has 0 unspecified atom stereocenters. The Balaban J connectivity index is 1.65. The van der Waals surface area contributed by atoms with E-state index in [1.165, 1.54) is 15.7 Å². The van der Waals surface area contributed by atoms with Crippen LogP contribution in [0.25, 0.3) is 5.69 Å². The van der Waals surface area contributed by atoms with E-state index in [1.807, 2.05) is 19.9 Å². The van der Waals surface area contributed by atoms with E-state index in [0.717, 1.165) is 22.6 Å². The third-order valence-electron chi connectivity index (χ3n) is 4.46. The molecule has 148 valence electrons.